The highest BCUT2D eigenvalue weighted by Crippen LogP contribution is 2.32. The van der Waals surface area contributed by atoms with Crippen molar-refractivity contribution in [3.05, 3.63) is 53.6 Å². The van der Waals surface area contributed by atoms with Crippen molar-refractivity contribution in [1.29, 1.82) is 0 Å². The quantitative estimate of drug-likeness (QED) is 0.510. The van der Waals surface area contributed by atoms with E-state index in [4.69, 9.17) is 10.2 Å². The summed E-state index contributed by atoms with van der Waals surface area (Å²) in [6.45, 7) is 0. The van der Waals surface area contributed by atoms with Crippen molar-refractivity contribution >= 4 is 11.9 Å². The Labute approximate surface area is 114 Å². The van der Waals surface area contributed by atoms with Crippen molar-refractivity contribution in [2.24, 2.45) is 0 Å². The molecule has 0 amide bonds. The van der Waals surface area contributed by atoms with Crippen LogP contribution in [0.25, 0.3) is 6.08 Å². The van der Waals surface area contributed by atoms with Gasteiger partial charge < -0.3 is 20.4 Å². The molecule has 0 fully saturated rings. The van der Waals surface area contributed by atoms with Gasteiger partial charge in [-0.2, -0.15) is 0 Å². The Balaban J connectivity index is 2.26. The molecule has 0 aliphatic heterocycles. The lowest BCUT2D eigenvalue weighted by Crippen LogP contribution is -1.95. The van der Waals surface area contributed by atoms with Crippen LogP contribution < -0.4 is 0 Å². The van der Waals surface area contributed by atoms with Gasteiger partial charge in [0, 0.05) is 12.1 Å². The summed E-state index contributed by atoms with van der Waals surface area (Å²) in [5, 5.41) is 37.4. The van der Waals surface area contributed by atoms with Gasteiger partial charge in [0.2, 0.25) is 0 Å². The van der Waals surface area contributed by atoms with E-state index in [1.165, 1.54) is 24.3 Å². The lowest BCUT2D eigenvalue weighted by Gasteiger charge is -2.04. The van der Waals surface area contributed by atoms with E-state index in [1.54, 1.807) is 12.1 Å². The van der Waals surface area contributed by atoms with Gasteiger partial charge in [-0.05, 0) is 23.8 Å². The molecule has 0 unspecified atom stereocenters. The number of ketones is 1. The second-order valence-electron chi connectivity index (χ2n) is 4.15. The molecule has 0 bridgehead atoms. The third kappa shape index (κ3) is 2.89. The average molecular weight is 278 g/mol. The third-order valence-electron chi connectivity index (χ3n) is 2.65. The summed E-state index contributed by atoms with van der Waals surface area (Å²) in [7, 11) is 0. The predicted molar refractivity (Wildman–Crippen MR) is 72.9 cm³/mol. The predicted octanol–water partition coefficient (Wildman–Crippen LogP) is 2.41. The number of phenolic OH excluding ortho intramolecular Hbond substituents is 4. The van der Waals surface area contributed by atoms with Crippen molar-refractivity contribution in [3.63, 3.8) is 0 Å². The van der Waals surface area contributed by atoms with E-state index in [9.17, 15) is 15.0 Å². The topological polar surface area (TPSA) is 98.0 Å². The first kappa shape index (κ1) is 13.5. The fourth-order valence-corrected chi connectivity index (χ4v) is 1.69. The number of aromatic hydroxyl groups is 4. The molecule has 20 heavy (non-hydrogen) atoms. The Bertz CT molecular complexity index is 648. The first-order chi connectivity index (χ1) is 9.47. The van der Waals surface area contributed by atoms with E-state index in [2.05, 4.69) is 0 Å². The molecule has 0 spiro atoms. The number of carbonyl (C=O) groups excluding carboxylic acids is 1. The van der Waals surface area contributed by atoms with Crippen molar-refractivity contribution in [3.8, 4) is 23.0 Å². The number of carbonyl (C=O) groups is 1. The molecule has 0 aliphatic rings. The number of rotatable bonds is 3. The largest absolute Gasteiger partial charge is 0.508 e. The molecule has 0 atom stereocenters. The average Bonchev–Trinajstić information content (AvgIpc) is 2.37. The van der Waals surface area contributed by atoms with Crippen LogP contribution in [-0.4, -0.2) is 26.2 Å². The zero-order chi connectivity index (χ0) is 14.7. The van der Waals surface area contributed by atoms with E-state index in [0.717, 1.165) is 12.1 Å². The maximum Gasteiger partial charge on any atom is 0.193 e. The molecule has 0 radical (unpaired) electrons. The summed E-state index contributed by atoms with van der Waals surface area (Å²) in [5.74, 6) is -1.82. The maximum absolute atomic E-state index is 11.9. The normalized spacial score (nSPS) is 10.8. The molecule has 5 heteroatoms. The highest BCUT2D eigenvalue weighted by atomic mass is 16.3. The van der Waals surface area contributed by atoms with Crippen molar-refractivity contribution < 1.29 is 25.2 Å². The monoisotopic (exact) mass is 278 g/mol. The molecule has 4 N–H and O–H groups in total. The highest BCUT2D eigenvalue weighted by Gasteiger charge is 2.15. The van der Waals surface area contributed by atoms with Gasteiger partial charge in [-0.1, -0.05) is 18.2 Å². The Morgan fingerprint density at radius 2 is 1.40 bits per heavy atom. The summed E-state index contributed by atoms with van der Waals surface area (Å²) in [4.78, 5) is 11.9. The van der Waals surface area contributed by atoms with Gasteiger partial charge in [0.25, 0.3) is 0 Å². The number of benzene rings is 2. The lowest BCUT2D eigenvalue weighted by atomic mass is 10.1. The van der Waals surface area contributed by atoms with Crippen LogP contribution in [0.15, 0.2) is 42.5 Å². The SMILES string of the molecule is O=C(/C=C/[13c]1[13cH][13cH][13c](O)[13cH][13cH]1)c1c(O)cc(O)cc1O. The van der Waals surface area contributed by atoms with Gasteiger partial charge in [-0.15, -0.1) is 0 Å². The summed E-state index contributed by atoms with van der Waals surface area (Å²) in [5.41, 5.74) is 0.395. The zero-order valence-corrected chi connectivity index (χ0v) is 10.3. The van der Waals surface area contributed by atoms with Crippen LogP contribution in [0, 0.1) is 0 Å². The van der Waals surface area contributed by atoms with Crippen LogP contribution in [0.4, 0.5) is 0 Å². The number of hydrogen-bond donors (Lipinski definition) is 4. The fraction of sp³-hybridized carbons (Fsp3) is 0. The first-order valence-corrected chi connectivity index (χ1v) is 5.74. The highest BCUT2D eigenvalue weighted by molar-refractivity contribution is 6.10. The van der Waals surface area contributed by atoms with Crippen LogP contribution in [0.5, 0.6) is 23.0 Å². The number of phenols is 4. The van der Waals surface area contributed by atoms with E-state index in [0.29, 0.717) is 5.56 Å². The van der Waals surface area contributed by atoms with Crippen LogP contribution in [0.1, 0.15) is 15.9 Å². The first-order valence-electron chi connectivity index (χ1n) is 5.74. The van der Waals surface area contributed by atoms with Gasteiger partial charge in [0.05, 0.1) is 0 Å². The second-order valence-corrected chi connectivity index (χ2v) is 4.15. The molecule has 0 aliphatic carbocycles. The van der Waals surface area contributed by atoms with Gasteiger partial charge in [-0.25, -0.2) is 0 Å². The molecule has 0 aromatic heterocycles. The summed E-state index contributed by atoms with van der Waals surface area (Å²) in [6.07, 6.45) is 2.66. The lowest BCUT2D eigenvalue weighted by molar-refractivity contribution is 0.104. The molecule has 102 valence electrons. The zero-order valence-electron chi connectivity index (χ0n) is 10.3. The molecule has 0 heterocycles. The van der Waals surface area contributed by atoms with Gasteiger partial charge >= 0.3 is 0 Å². The van der Waals surface area contributed by atoms with Crippen molar-refractivity contribution in [2.75, 3.05) is 0 Å². The Morgan fingerprint density at radius 1 is 0.850 bits per heavy atom. The molecule has 0 saturated carbocycles. The summed E-state index contributed by atoms with van der Waals surface area (Å²) < 4.78 is 0. The van der Waals surface area contributed by atoms with Gasteiger partial charge in [-0.3, -0.25) is 4.79 Å². The smallest absolute Gasteiger partial charge is 0.193 e. The van der Waals surface area contributed by atoms with Crippen molar-refractivity contribution in [1.82, 2.24) is 0 Å². The maximum atomic E-state index is 11.9. The van der Waals surface area contributed by atoms with E-state index in [1.807, 2.05) is 0 Å². The summed E-state index contributed by atoms with van der Waals surface area (Å²) in [6, 6.07) is 8.10. The van der Waals surface area contributed by atoms with Crippen LogP contribution in [-0.2, 0) is 0 Å². The van der Waals surface area contributed by atoms with Crippen molar-refractivity contribution in [2.45, 2.75) is 0 Å². The van der Waals surface area contributed by atoms with E-state index >= 15 is 0 Å². The second kappa shape index (κ2) is 5.36. The Hall–Kier alpha value is -2.95. The van der Waals surface area contributed by atoms with E-state index < -0.39 is 17.3 Å². The molecule has 5 nitrogen and oxygen atoms in total. The molecule has 2 aromatic rings. The molecule has 2 aromatic carbocycles. The minimum absolute atomic E-state index is 0.113. The number of allylic oxidation sites excluding steroid dienone is 1. The van der Waals surface area contributed by atoms with Gasteiger partial charge in [0.1, 0.15) is 28.6 Å². The molecule has 2 rings (SSSR count). The Kier molecular flexibility index (Phi) is 3.61. The minimum atomic E-state index is -0.604. The van der Waals surface area contributed by atoms with Crippen LogP contribution >= 0.6 is 0 Å². The molecular weight excluding hydrogens is 266 g/mol. The standard InChI is InChI=1S/C15H12O5/c16-10-4-1-9(2-5-10)3-6-12(18)15-13(19)7-11(17)8-14(15)20/h1-8,16-17,19-20H/b6-3+/i1+1,2+1,4+1,5+1,9+1,10+1. The van der Waals surface area contributed by atoms with Crippen LogP contribution in [0.2, 0.25) is 0 Å². The number of hydrogen-bond acceptors (Lipinski definition) is 5. The van der Waals surface area contributed by atoms with Gasteiger partial charge in [0.15, 0.2) is 5.78 Å². The van der Waals surface area contributed by atoms with E-state index in [-0.39, 0.29) is 17.1 Å². The minimum Gasteiger partial charge on any atom is -0.508 e. The third-order valence-corrected chi connectivity index (χ3v) is 2.65. The summed E-state index contributed by atoms with van der Waals surface area (Å²) >= 11 is 0. The Morgan fingerprint density at radius 3 is 1.95 bits per heavy atom. The molecule has 0 saturated heterocycles. The molecular formula is C15H12O5. The fourth-order valence-electron chi connectivity index (χ4n) is 1.69. The van der Waals surface area contributed by atoms with Crippen LogP contribution in [0.3, 0.4) is 0 Å².